The SMILES string of the molecule is CC(C)CC(NC(N)=O)C(=O)NC1(C(=O)O)CCOC1. The molecule has 1 aliphatic heterocycles. The first-order chi connectivity index (χ1) is 9.27. The van der Waals surface area contributed by atoms with Crippen LogP contribution < -0.4 is 16.4 Å². The van der Waals surface area contributed by atoms with Gasteiger partial charge in [-0.05, 0) is 12.3 Å². The van der Waals surface area contributed by atoms with Gasteiger partial charge in [-0.3, -0.25) is 4.79 Å². The van der Waals surface area contributed by atoms with Crippen molar-refractivity contribution in [3.63, 3.8) is 0 Å². The third kappa shape index (κ3) is 4.09. The first kappa shape index (κ1) is 16.2. The number of carbonyl (C=O) groups is 3. The largest absolute Gasteiger partial charge is 0.479 e. The molecule has 0 bridgehead atoms. The fourth-order valence-electron chi connectivity index (χ4n) is 2.08. The van der Waals surface area contributed by atoms with Crippen LogP contribution in [-0.2, 0) is 14.3 Å². The summed E-state index contributed by atoms with van der Waals surface area (Å²) in [5.74, 6) is -1.57. The van der Waals surface area contributed by atoms with Crippen LogP contribution in [0.5, 0.6) is 0 Å². The summed E-state index contributed by atoms with van der Waals surface area (Å²) in [6.07, 6.45) is 0.560. The van der Waals surface area contributed by atoms with Crippen molar-refractivity contribution in [1.82, 2.24) is 10.6 Å². The summed E-state index contributed by atoms with van der Waals surface area (Å²) in [5, 5.41) is 14.1. The lowest BCUT2D eigenvalue weighted by atomic mass is 9.96. The molecular formula is C12H21N3O5. The summed E-state index contributed by atoms with van der Waals surface area (Å²) in [4.78, 5) is 34.4. The summed E-state index contributed by atoms with van der Waals surface area (Å²) in [7, 11) is 0. The Kier molecular flexibility index (Phi) is 5.32. The van der Waals surface area contributed by atoms with Gasteiger partial charge >= 0.3 is 12.0 Å². The van der Waals surface area contributed by atoms with Crippen molar-refractivity contribution in [3.8, 4) is 0 Å². The van der Waals surface area contributed by atoms with E-state index in [-0.39, 0.29) is 25.6 Å². The lowest BCUT2D eigenvalue weighted by Crippen LogP contribution is -2.60. The highest BCUT2D eigenvalue weighted by Crippen LogP contribution is 2.19. The van der Waals surface area contributed by atoms with Gasteiger partial charge in [-0.25, -0.2) is 9.59 Å². The van der Waals surface area contributed by atoms with Gasteiger partial charge in [-0.15, -0.1) is 0 Å². The predicted octanol–water partition coefficient (Wildman–Crippen LogP) is -0.571. The second-order valence-electron chi connectivity index (χ2n) is 5.37. The average Bonchev–Trinajstić information content (AvgIpc) is 2.76. The Labute approximate surface area is 117 Å². The Morgan fingerprint density at radius 1 is 1.40 bits per heavy atom. The Morgan fingerprint density at radius 3 is 2.45 bits per heavy atom. The van der Waals surface area contributed by atoms with Gasteiger partial charge in [0.1, 0.15) is 6.04 Å². The molecule has 0 aromatic carbocycles. The maximum atomic E-state index is 12.2. The minimum atomic E-state index is -1.42. The number of primary amides is 1. The molecule has 1 rings (SSSR count). The molecule has 1 aliphatic rings. The molecule has 1 heterocycles. The van der Waals surface area contributed by atoms with Gasteiger partial charge in [0.05, 0.1) is 6.61 Å². The smallest absolute Gasteiger partial charge is 0.331 e. The van der Waals surface area contributed by atoms with Crippen LogP contribution in [0.1, 0.15) is 26.7 Å². The number of rotatable bonds is 6. The number of nitrogens with two attached hydrogens (primary N) is 1. The van der Waals surface area contributed by atoms with E-state index in [0.29, 0.717) is 6.42 Å². The molecule has 0 spiro atoms. The molecule has 0 aromatic rings. The molecule has 0 aliphatic carbocycles. The molecule has 5 N–H and O–H groups in total. The standard InChI is InChI=1S/C12H21N3O5/c1-7(2)5-8(14-11(13)19)9(16)15-12(10(17)18)3-4-20-6-12/h7-8H,3-6H2,1-2H3,(H,15,16)(H,17,18)(H3,13,14,19). The molecule has 2 atom stereocenters. The van der Waals surface area contributed by atoms with E-state index in [4.69, 9.17) is 10.5 Å². The van der Waals surface area contributed by atoms with Crippen LogP contribution in [0.4, 0.5) is 4.79 Å². The zero-order chi connectivity index (χ0) is 15.3. The van der Waals surface area contributed by atoms with E-state index in [9.17, 15) is 19.5 Å². The van der Waals surface area contributed by atoms with Crippen molar-refractivity contribution >= 4 is 17.9 Å². The van der Waals surface area contributed by atoms with Crippen molar-refractivity contribution in [3.05, 3.63) is 0 Å². The summed E-state index contributed by atoms with van der Waals surface area (Å²) in [6, 6.07) is -1.68. The fourth-order valence-corrected chi connectivity index (χ4v) is 2.08. The van der Waals surface area contributed by atoms with Gasteiger partial charge in [0.25, 0.3) is 0 Å². The maximum Gasteiger partial charge on any atom is 0.331 e. The Balaban J connectivity index is 2.78. The number of hydrogen-bond donors (Lipinski definition) is 4. The number of carboxylic acid groups (broad SMARTS) is 1. The second kappa shape index (κ2) is 6.56. The highest BCUT2D eigenvalue weighted by atomic mass is 16.5. The van der Waals surface area contributed by atoms with Crippen LogP contribution in [0.15, 0.2) is 0 Å². The quantitative estimate of drug-likeness (QED) is 0.519. The van der Waals surface area contributed by atoms with Crippen LogP contribution in [0.3, 0.4) is 0 Å². The number of ether oxygens (including phenoxy) is 1. The number of amides is 3. The van der Waals surface area contributed by atoms with Crippen LogP contribution in [0.2, 0.25) is 0 Å². The summed E-state index contributed by atoms with van der Waals surface area (Å²) < 4.78 is 5.06. The van der Waals surface area contributed by atoms with Crippen LogP contribution >= 0.6 is 0 Å². The van der Waals surface area contributed by atoms with Crippen LogP contribution in [-0.4, -0.2) is 47.8 Å². The lowest BCUT2D eigenvalue weighted by molar-refractivity contribution is -0.148. The number of hydrogen-bond acceptors (Lipinski definition) is 4. The minimum Gasteiger partial charge on any atom is -0.479 e. The van der Waals surface area contributed by atoms with Crippen molar-refractivity contribution in [2.24, 2.45) is 11.7 Å². The predicted molar refractivity (Wildman–Crippen MR) is 69.9 cm³/mol. The van der Waals surface area contributed by atoms with Gasteiger partial charge in [0, 0.05) is 13.0 Å². The minimum absolute atomic E-state index is 0.0843. The molecule has 2 unspecified atom stereocenters. The molecular weight excluding hydrogens is 266 g/mol. The Morgan fingerprint density at radius 2 is 2.05 bits per heavy atom. The molecule has 0 saturated carbocycles. The van der Waals surface area contributed by atoms with Gasteiger partial charge in [-0.1, -0.05) is 13.8 Å². The van der Waals surface area contributed by atoms with Gasteiger partial charge in [-0.2, -0.15) is 0 Å². The average molecular weight is 287 g/mol. The number of carboxylic acids is 1. The highest BCUT2D eigenvalue weighted by molar-refractivity contribution is 5.91. The molecule has 114 valence electrons. The van der Waals surface area contributed by atoms with E-state index in [1.807, 2.05) is 13.8 Å². The van der Waals surface area contributed by atoms with E-state index in [1.165, 1.54) is 0 Å². The molecule has 1 saturated heterocycles. The summed E-state index contributed by atoms with van der Waals surface area (Å²) >= 11 is 0. The van der Waals surface area contributed by atoms with E-state index >= 15 is 0 Å². The van der Waals surface area contributed by atoms with E-state index in [0.717, 1.165) is 0 Å². The summed E-state index contributed by atoms with van der Waals surface area (Å²) in [6.45, 7) is 3.95. The molecule has 20 heavy (non-hydrogen) atoms. The zero-order valence-electron chi connectivity index (χ0n) is 11.6. The number of carbonyl (C=O) groups excluding carboxylic acids is 2. The normalized spacial score (nSPS) is 23.4. The highest BCUT2D eigenvalue weighted by Gasteiger charge is 2.45. The second-order valence-corrected chi connectivity index (χ2v) is 5.37. The van der Waals surface area contributed by atoms with Crippen molar-refractivity contribution in [2.75, 3.05) is 13.2 Å². The Bertz CT molecular complexity index is 391. The first-order valence-electron chi connectivity index (χ1n) is 6.46. The molecule has 3 amide bonds. The van der Waals surface area contributed by atoms with Crippen LogP contribution in [0.25, 0.3) is 0 Å². The third-order valence-electron chi connectivity index (χ3n) is 3.13. The molecule has 0 aromatic heterocycles. The summed E-state index contributed by atoms with van der Waals surface area (Å²) in [5.41, 5.74) is 3.61. The lowest BCUT2D eigenvalue weighted by Gasteiger charge is -2.27. The Hall–Kier alpha value is -1.83. The topological polar surface area (TPSA) is 131 Å². The monoisotopic (exact) mass is 287 g/mol. The number of urea groups is 1. The van der Waals surface area contributed by atoms with Crippen molar-refractivity contribution < 1.29 is 24.2 Å². The molecule has 8 heteroatoms. The van der Waals surface area contributed by atoms with E-state index in [2.05, 4.69) is 10.6 Å². The molecule has 1 fully saturated rings. The van der Waals surface area contributed by atoms with E-state index < -0.39 is 29.5 Å². The third-order valence-corrected chi connectivity index (χ3v) is 3.13. The zero-order valence-corrected chi connectivity index (χ0v) is 11.6. The number of aliphatic carboxylic acids is 1. The van der Waals surface area contributed by atoms with Crippen molar-refractivity contribution in [2.45, 2.75) is 38.3 Å². The maximum absolute atomic E-state index is 12.2. The number of nitrogens with one attached hydrogen (secondary N) is 2. The molecule has 0 radical (unpaired) electrons. The first-order valence-corrected chi connectivity index (χ1v) is 6.46. The molecule has 8 nitrogen and oxygen atoms in total. The van der Waals surface area contributed by atoms with Gasteiger partial charge in [0.2, 0.25) is 5.91 Å². The van der Waals surface area contributed by atoms with Crippen molar-refractivity contribution in [1.29, 1.82) is 0 Å². The van der Waals surface area contributed by atoms with Gasteiger partial charge in [0.15, 0.2) is 5.54 Å². The van der Waals surface area contributed by atoms with E-state index in [1.54, 1.807) is 0 Å². The van der Waals surface area contributed by atoms with Crippen LogP contribution in [0, 0.1) is 5.92 Å². The fraction of sp³-hybridized carbons (Fsp3) is 0.750. The van der Waals surface area contributed by atoms with Gasteiger partial charge < -0.3 is 26.2 Å².